The number of thiazole rings is 1. The van der Waals surface area contributed by atoms with Gasteiger partial charge in [-0.25, -0.2) is 9.78 Å². The Morgan fingerprint density at radius 3 is 2.68 bits per heavy atom. The minimum atomic E-state index is -1.21. The van der Waals surface area contributed by atoms with E-state index in [0.717, 1.165) is 17.1 Å². The number of carboxylic acids is 1. The normalized spacial score (nSPS) is 10.4. The van der Waals surface area contributed by atoms with Crippen LogP contribution in [0.15, 0.2) is 16.5 Å². The zero-order chi connectivity index (χ0) is 14.0. The van der Waals surface area contributed by atoms with Crippen molar-refractivity contribution in [2.24, 2.45) is 0 Å². The highest BCUT2D eigenvalue weighted by molar-refractivity contribution is 7.17. The van der Waals surface area contributed by atoms with Gasteiger partial charge >= 0.3 is 5.97 Å². The largest absolute Gasteiger partial charge is 0.476 e. The Morgan fingerprint density at radius 1 is 1.47 bits per heavy atom. The summed E-state index contributed by atoms with van der Waals surface area (Å²) in [5.41, 5.74) is -0.212. The predicted molar refractivity (Wildman–Crippen MR) is 69.8 cm³/mol. The monoisotopic (exact) mass is 280 g/mol. The van der Waals surface area contributed by atoms with Gasteiger partial charge in [-0.3, -0.25) is 4.79 Å². The molecule has 0 atom stereocenters. The van der Waals surface area contributed by atoms with Crippen LogP contribution in [0.3, 0.4) is 0 Å². The second-order valence-electron chi connectivity index (χ2n) is 3.92. The molecule has 6 nitrogen and oxygen atoms in total. The molecular weight excluding hydrogens is 268 g/mol. The number of anilines is 1. The molecule has 0 unspecified atom stereocenters. The number of carbonyl (C=O) groups is 2. The summed E-state index contributed by atoms with van der Waals surface area (Å²) >= 11 is 1.03. The predicted octanol–water partition coefficient (Wildman–Crippen LogP) is 2.56. The number of carboxylic acid groups (broad SMARTS) is 1. The molecule has 2 heterocycles. The Labute approximate surface area is 113 Å². The molecule has 19 heavy (non-hydrogen) atoms. The number of hydrogen-bond acceptors (Lipinski definition) is 6. The van der Waals surface area contributed by atoms with E-state index in [0.29, 0.717) is 17.4 Å². The average Bonchev–Trinajstić information content (AvgIpc) is 2.92. The van der Waals surface area contributed by atoms with Crippen molar-refractivity contribution in [1.82, 2.24) is 4.98 Å². The third kappa shape index (κ3) is 3.00. The van der Waals surface area contributed by atoms with Gasteiger partial charge in [0.25, 0.3) is 0 Å². The molecule has 0 radical (unpaired) electrons. The lowest BCUT2D eigenvalue weighted by molar-refractivity contribution is 0.0687. The molecule has 0 aliphatic rings. The summed E-state index contributed by atoms with van der Waals surface area (Å²) in [4.78, 5) is 26.3. The van der Waals surface area contributed by atoms with Gasteiger partial charge in [-0.2, -0.15) is 0 Å². The SMILES string of the molecule is CC(=O)c1sc(NCc2ccc(C)o2)nc1C(=O)O. The van der Waals surface area contributed by atoms with E-state index < -0.39 is 5.97 Å². The smallest absolute Gasteiger partial charge is 0.356 e. The highest BCUT2D eigenvalue weighted by Crippen LogP contribution is 2.24. The van der Waals surface area contributed by atoms with Crippen LogP contribution < -0.4 is 5.32 Å². The Balaban J connectivity index is 2.15. The number of rotatable bonds is 5. The number of aromatic carboxylic acids is 1. The first kappa shape index (κ1) is 13.3. The summed E-state index contributed by atoms with van der Waals surface area (Å²) in [6, 6.07) is 3.66. The fraction of sp³-hybridized carbons (Fsp3) is 0.250. The maximum atomic E-state index is 11.3. The number of nitrogens with zero attached hydrogens (tertiary/aromatic N) is 1. The lowest BCUT2D eigenvalue weighted by Crippen LogP contribution is -2.04. The summed E-state index contributed by atoms with van der Waals surface area (Å²) in [5, 5.41) is 12.3. The minimum absolute atomic E-state index is 0.144. The van der Waals surface area contributed by atoms with Gasteiger partial charge in [-0.1, -0.05) is 11.3 Å². The molecule has 0 aromatic carbocycles. The van der Waals surface area contributed by atoms with Crippen molar-refractivity contribution in [3.05, 3.63) is 34.2 Å². The van der Waals surface area contributed by atoms with Crippen molar-refractivity contribution in [2.45, 2.75) is 20.4 Å². The molecule has 7 heteroatoms. The molecule has 0 fully saturated rings. The first-order chi connectivity index (χ1) is 8.97. The molecule has 0 spiro atoms. The fourth-order valence-corrected chi connectivity index (χ4v) is 2.37. The number of aromatic nitrogens is 1. The summed E-state index contributed by atoms with van der Waals surface area (Å²) in [6.45, 7) is 3.54. The summed E-state index contributed by atoms with van der Waals surface area (Å²) in [7, 11) is 0. The molecule has 0 aliphatic heterocycles. The summed E-state index contributed by atoms with van der Waals surface area (Å²) in [6.07, 6.45) is 0. The minimum Gasteiger partial charge on any atom is -0.476 e. The lowest BCUT2D eigenvalue weighted by Gasteiger charge is -1.98. The van der Waals surface area contributed by atoms with Crippen LogP contribution >= 0.6 is 11.3 Å². The molecule has 100 valence electrons. The average molecular weight is 280 g/mol. The Morgan fingerprint density at radius 2 is 2.21 bits per heavy atom. The van der Waals surface area contributed by atoms with Crippen molar-refractivity contribution in [3.63, 3.8) is 0 Å². The maximum Gasteiger partial charge on any atom is 0.356 e. The van der Waals surface area contributed by atoms with E-state index in [2.05, 4.69) is 10.3 Å². The van der Waals surface area contributed by atoms with Crippen LogP contribution in [-0.2, 0) is 6.54 Å². The van der Waals surface area contributed by atoms with Gasteiger partial charge in [0.2, 0.25) is 0 Å². The van der Waals surface area contributed by atoms with E-state index in [1.807, 2.05) is 19.1 Å². The standard InChI is InChI=1S/C12H12N2O4S/c1-6-3-4-8(18-6)5-13-12-14-9(11(16)17)10(19-12)7(2)15/h3-4H,5H2,1-2H3,(H,13,14)(H,16,17). The highest BCUT2D eigenvalue weighted by atomic mass is 32.1. The lowest BCUT2D eigenvalue weighted by atomic mass is 10.3. The first-order valence-electron chi connectivity index (χ1n) is 5.51. The van der Waals surface area contributed by atoms with Gasteiger partial charge in [0.15, 0.2) is 16.6 Å². The number of furan rings is 1. The second-order valence-corrected chi connectivity index (χ2v) is 4.92. The van der Waals surface area contributed by atoms with Crippen LogP contribution in [0.25, 0.3) is 0 Å². The number of ketones is 1. The fourth-order valence-electron chi connectivity index (χ4n) is 1.52. The Bertz CT molecular complexity index is 598. The van der Waals surface area contributed by atoms with Crippen molar-refractivity contribution in [1.29, 1.82) is 0 Å². The molecule has 2 aromatic heterocycles. The third-order valence-electron chi connectivity index (χ3n) is 2.36. The van der Waals surface area contributed by atoms with Crippen molar-refractivity contribution < 1.29 is 19.1 Å². The molecule has 0 bridgehead atoms. The quantitative estimate of drug-likeness (QED) is 0.818. The molecule has 0 aliphatic carbocycles. The van der Waals surface area contributed by atoms with Crippen molar-refractivity contribution in [2.75, 3.05) is 5.32 Å². The van der Waals surface area contributed by atoms with Crippen molar-refractivity contribution in [3.8, 4) is 0 Å². The molecule has 0 amide bonds. The van der Waals surface area contributed by atoms with Gasteiger partial charge in [-0.15, -0.1) is 0 Å². The van der Waals surface area contributed by atoms with Crippen LogP contribution in [0.1, 0.15) is 38.6 Å². The van der Waals surface area contributed by atoms with Crippen LogP contribution in [-0.4, -0.2) is 21.8 Å². The number of nitrogens with one attached hydrogen (secondary N) is 1. The Kier molecular flexibility index (Phi) is 3.66. The van der Waals surface area contributed by atoms with E-state index in [4.69, 9.17) is 9.52 Å². The van der Waals surface area contributed by atoms with Crippen LogP contribution in [0.5, 0.6) is 0 Å². The number of Topliss-reactive ketones (excluding diaryl/α,β-unsaturated/α-hetero) is 1. The van der Waals surface area contributed by atoms with Crippen molar-refractivity contribution >= 4 is 28.2 Å². The van der Waals surface area contributed by atoms with E-state index in [-0.39, 0.29) is 16.4 Å². The van der Waals surface area contributed by atoms with E-state index >= 15 is 0 Å². The van der Waals surface area contributed by atoms with Gasteiger partial charge < -0.3 is 14.8 Å². The topological polar surface area (TPSA) is 92.4 Å². The van der Waals surface area contributed by atoms with Crippen LogP contribution in [0.4, 0.5) is 5.13 Å². The number of carbonyl (C=O) groups excluding carboxylic acids is 1. The number of aryl methyl sites for hydroxylation is 1. The first-order valence-corrected chi connectivity index (χ1v) is 6.33. The molecule has 2 aromatic rings. The van der Waals surface area contributed by atoms with Gasteiger partial charge in [0.05, 0.1) is 6.54 Å². The van der Waals surface area contributed by atoms with Gasteiger partial charge in [0, 0.05) is 6.92 Å². The molecule has 0 saturated heterocycles. The highest BCUT2D eigenvalue weighted by Gasteiger charge is 2.20. The molecule has 0 saturated carbocycles. The summed E-state index contributed by atoms with van der Waals surface area (Å²) < 4.78 is 5.37. The maximum absolute atomic E-state index is 11.3. The van der Waals surface area contributed by atoms with Crippen LogP contribution in [0.2, 0.25) is 0 Å². The molecule has 2 N–H and O–H groups in total. The van der Waals surface area contributed by atoms with E-state index in [1.165, 1.54) is 6.92 Å². The van der Waals surface area contributed by atoms with E-state index in [9.17, 15) is 9.59 Å². The Hall–Kier alpha value is -2.15. The number of hydrogen-bond donors (Lipinski definition) is 2. The molecule has 2 rings (SSSR count). The zero-order valence-electron chi connectivity index (χ0n) is 10.4. The van der Waals surface area contributed by atoms with Gasteiger partial charge in [-0.05, 0) is 19.1 Å². The molecular formula is C12H12N2O4S. The van der Waals surface area contributed by atoms with Gasteiger partial charge in [0.1, 0.15) is 16.4 Å². The van der Waals surface area contributed by atoms with E-state index in [1.54, 1.807) is 0 Å². The third-order valence-corrected chi connectivity index (χ3v) is 3.47. The zero-order valence-corrected chi connectivity index (χ0v) is 11.2. The summed E-state index contributed by atoms with van der Waals surface area (Å²) in [5.74, 6) is 0.000625. The second kappa shape index (κ2) is 5.23. The van der Waals surface area contributed by atoms with Crippen LogP contribution in [0, 0.1) is 6.92 Å².